The van der Waals surface area contributed by atoms with Gasteiger partial charge in [-0.2, -0.15) is 0 Å². The summed E-state index contributed by atoms with van der Waals surface area (Å²) in [5, 5.41) is 27.8. The van der Waals surface area contributed by atoms with Gasteiger partial charge in [0.2, 0.25) is 0 Å². The van der Waals surface area contributed by atoms with Gasteiger partial charge in [0.1, 0.15) is 0 Å². The molecule has 1 atom stereocenters. The Labute approximate surface area is 88.9 Å². The molecule has 1 rings (SSSR count). The molecule has 0 aliphatic rings. The molecular formula is C8H6ClNO5. The van der Waals surface area contributed by atoms with Crippen LogP contribution >= 0.6 is 11.6 Å². The summed E-state index contributed by atoms with van der Waals surface area (Å²) >= 11 is 5.58. The molecule has 1 aromatic carbocycles. The Kier molecular flexibility index (Phi) is 3.23. The highest BCUT2D eigenvalue weighted by atomic mass is 35.5. The third-order valence-electron chi connectivity index (χ3n) is 1.72. The first-order valence-corrected chi connectivity index (χ1v) is 4.16. The molecule has 0 bridgehead atoms. The van der Waals surface area contributed by atoms with Crippen LogP contribution in [0.3, 0.4) is 0 Å². The highest BCUT2D eigenvalue weighted by Gasteiger charge is 2.20. The van der Waals surface area contributed by atoms with Crippen LogP contribution in [0.5, 0.6) is 0 Å². The molecule has 6 nitrogen and oxygen atoms in total. The number of carbonyl (C=O) groups is 1. The van der Waals surface area contributed by atoms with Gasteiger partial charge in [0.15, 0.2) is 6.10 Å². The molecule has 0 amide bonds. The Morgan fingerprint density at radius 3 is 2.53 bits per heavy atom. The molecule has 80 valence electrons. The van der Waals surface area contributed by atoms with E-state index in [-0.39, 0.29) is 16.3 Å². The van der Waals surface area contributed by atoms with Crippen LogP contribution in [0.4, 0.5) is 5.69 Å². The van der Waals surface area contributed by atoms with Crippen LogP contribution in [0.1, 0.15) is 11.7 Å². The fraction of sp³-hybridized carbons (Fsp3) is 0.125. The number of nitrogens with zero attached hydrogens (tertiary/aromatic N) is 1. The number of benzene rings is 1. The van der Waals surface area contributed by atoms with Crippen molar-refractivity contribution >= 4 is 23.3 Å². The molecule has 0 saturated carbocycles. The molecule has 1 aromatic rings. The number of hydrogen-bond donors (Lipinski definition) is 2. The monoisotopic (exact) mass is 231 g/mol. The standard InChI is InChI=1S/C8H6ClNO5/c9-6-3-4(10(14)15)1-2-5(6)7(11)8(12)13/h1-3,7,11H,(H,12,13). The van der Waals surface area contributed by atoms with E-state index in [1.165, 1.54) is 0 Å². The number of hydrogen-bond acceptors (Lipinski definition) is 4. The van der Waals surface area contributed by atoms with Crippen molar-refractivity contribution in [2.24, 2.45) is 0 Å². The average molecular weight is 232 g/mol. The molecule has 0 fully saturated rings. The van der Waals surface area contributed by atoms with Crippen LogP contribution in [-0.2, 0) is 4.79 Å². The zero-order chi connectivity index (χ0) is 11.6. The van der Waals surface area contributed by atoms with Crippen molar-refractivity contribution in [2.45, 2.75) is 6.10 Å². The zero-order valence-corrected chi connectivity index (χ0v) is 8.01. The van der Waals surface area contributed by atoms with Gasteiger partial charge in [-0.15, -0.1) is 0 Å². The van der Waals surface area contributed by atoms with Gasteiger partial charge >= 0.3 is 5.97 Å². The summed E-state index contributed by atoms with van der Waals surface area (Å²) in [5.74, 6) is -1.47. The van der Waals surface area contributed by atoms with E-state index in [9.17, 15) is 14.9 Å². The summed E-state index contributed by atoms with van der Waals surface area (Å²) in [6.07, 6.45) is -1.78. The molecule has 1 unspecified atom stereocenters. The minimum Gasteiger partial charge on any atom is -0.479 e. The lowest BCUT2D eigenvalue weighted by Gasteiger charge is -2.07. The van der Waals surface area contributed by atoms with Crippen LogP contribution in [0.2, 0.25) is 5.02 Å². The summed E-state index contributed by atoms with van der Waals surface area (Å²) in [4.78, 5) is 20.1. The first kappa shape index (κ1) is 11.4. The second kappa shape index (κ2) is 4.24. The highest BCUT2D eigenvalue weighted by Crippen LogP contribution is 2.27. The Morgan fingerprint density at radius 2 is 2.13 bits per heavy atom. The number of nitro groups is 1. The number of nitro benzene ring substituents is 1. The van der Waals surface area contributed by atoms with E-state index >= 15 is 0 Å². The van der Waals surface area contributed by atoms with Crippen molar-refractivity contribution in [3.63, 3.8) is 0 Å². The van der Waals surface area contributed by atoms with Crippen molar-refractivity contribution in [2.75, 3.05) is 0 Å². The van der Waals surface area contributed by atoms with Crippen LogP contribution in [0.25, 0.3) is 0 Å². The van der Waals surface area contributed by atoms with Crippen molar-refractivity contribution in [3.05, 3.63) is 38.9 Å². The Hall–Kier alpha value is -1.66. The van der Waals surface area contributed by atoms with Crippen LogP contribution < -0.4 is 0 Å². The zero-order valence-electron chi connectivity index (χ0n) is 7.25. The molecule has 0 aliphatic carbocycles. The van der Waals surface area contributed by atoms with Crippen molar-refractivity contribution in [3.8, 4) is 0 Å². The van der Waals surface area contributed by atoms with Gasteiger partial charge in [0.05, 0.1) is 9.95 Å². The fourth-order valence-electron chi connectivity index (χ4n) is 0.984. The predicted octanol–water partition coefficient (Wildman–Crippen LogP) is 1.37. The Morgan fingerprint density at radius 1 is 1.53 bits per heavy atom. The van der Waals surface area contributed by atoms with Crippen LogP contribution in [0, 0.1) is 10.1 Å². The van der Waals surface area contributed by atoms with Gasteiger partial charge in [0, 0.05) is 17.7 Å². The second-order valence-electron chi connectivity index (χ2n) is 2.70. The van der Waals surface area contributed by atoms with Gasteiger partial charge < -0.3 is 10.2 Å². The number of aliphatic hydroxyl groups excluding tert-OH is 1. The van der Waals surface area contributed by atoms with Crippen molar-refractivity contribution in [1.29, 1.82) is 0 Å². The molecule has 2 N–H and O–H groups in total. The fourth-order valence-corrected chi connectivity index (χ4v) is 1.26. The normalized spacial score (nSPS) is 12.1. The number of aliphatic carboxylic acids is 1. The Balaban J connectivity index is 3.13. The topological polar surface area (TPSA) is 101 Å². The average Bonchev–Trinajstić information content (AvgIpc) is 2.16. The first-order valence-electron chi connectivity index (χ1n) is 3.78. The largest absolute Gasteiger partial charge is 0.479 e. The third-order valence-corrected chi connectivity index (χ3v) is 2.05. The summed E-state index contributed by atoms with van der Waals surface area (Å²) in [6.45, 7) is 0. The maximum atomic E-state index is 10.4. The first-order chi connectivity index (χ1) is 6.93. The summed E-state index contributed by atoms with van der Waals surface area (Å²) < 4.78 is 0. The maximum absolute atomic E-state index is 10.4. The van der Waals surface area contributed by atoms with E-state index in [0.29, 0.717) is 0 Å². The molecule has 0 spiro atoms. The predicted molar refractivity (Wildman–Crippen MR) is 50.7 cm³/mol. The molecule has 15 heavy (non-hydrogen) atoms. The summed E-state index contributed by atoms with van der Waals surface area (Å²) in [6, 6.07) is 3.18. The van der Waals surface area contributed by atoms with Gasteiger partial charge in [-0.05, 0) is 6.07 Å². The number of carboxylic acids is 1. The number of rotatable bonds is 3. The third kappa shape index (κ3) is 2.42. The number of halogens is 1. The molecule has 7 heteroatoms. The number of aliphatic hydroxyl groups is 1. The summed E-state index contributed by atoms with van der Waals surface area (Å²) in [7, 11) is 0. The van der Waals surface area contributed by atoms with Gasteiger partial charge in [0.25, 0.3) is 5.69 Å². The molecule has 0 saturated heterocycles. The highest BCUT2D eigenvalue weighted by molar-refractivity contribution is 6.31. The minimum atomic E-state index is -1.78. The molecule has 0 aliphatic heterocycles. The SMILES string of the molecule is O=C(O)C(O)c1ccc([N+](=O)[O-])cc1Cl. The van der Waals surface area contributed by atoms with E-state index in [1.807, 2.05) is 0 Å². The number of non-ortho nitro benzene ring substituents is 1. The van der Waals surface area contributed by atoms with E-state index in [2.05, 4.69) is 0 Å². The molecule has 0 heterocycles. The smallest absolute Gasteiger partial charge is 0.337 e. The maximum Gasteiger partial charge on any atom is 0.337 e. The van der Waals surface area contributed by atoms with Crippen LogP contribution in [-0.4, -0.2) is 21.1 Å². The van der Waals surface area contributed by atoms with Crippen molar-refractivity contribution < 1.29 is 19.9 Å². The van der Waals surface area contributed by atoms with Crippen molar-refractivity contribution in [1.82, 2.24) is 0 Å². The van der Waals surface area contributed by atoms with E-state index in [1.54, 1.807) is 0 Å². The lowest BCUT2D eigenvalue weighted by atomic mass is 10.1. The Bertz CT molecular complexity index is 419. The van der Waals surface area contributed by atoms with E-state index in [0.717, 1.165) is 18.2 Å². The van der Waals surface area contributed by atoms with Crippen LogP contribution in [0.15, 0.2) is 18.2 Å². The molecule has 0 radical (unpaired) electrons. The minimum absolute atomic E-state index is 0.0743. The summed E-state index contributed by atoms with van der Waals surface area (Å²) in [5.41, 5.74) is -0.337. The van der Waals surface area contributed by atoms with E-state index < -0.39 is 17.0 Å². The van der Waals surface area contributed by atoms with E-state index in [4.69, 9.17) is 21.8 Å². The van der Waals surface area contributed by atoms with Gasteiger partial charge in [-0.3, -0.25) is 10.1 Å². The van der Waals surface area contributed by atoms with Gasteiger partial charge in [-0.1, -0.05) is 11.6 Å². The molecular weight excluding hydrogens is 226 g/mol. The van der Waals surface area contributed by atoms with Gasteiger partial charge in [-0.25, -0.2) is 4.79 Å². The second-order valence-corrected chi connectivity index (χ2v) is 3.11. The quantitative estimate of drug-likeness (QED) is 0.604. The number of carboxylic acid groups (broad SMARTS) is 1. The lowest BCUT2D eigenvalue weighted by molar-refractivity contribution is -0.384. The molecule has 0 aromatic heterocycles. The lowest BCUT2D eigenvalue weighted by Crippen LogP contribution is -2.10.